The van der Waals surface area contributed by atoms with E-state index in [2.05, 4.69) is 9.97 Å². The maximum atomic E-state index is 13.9. The Balaban J connectivity index is 1.89. The molecule has 1 aliphatic heterocycles. The first kappa shape index (κ1) is 22.5. The number of unbranched alkanes of at least 4 members (excludes halogenated alkanes) is 1. The molecule has 2 heterocycles. The van der Waals surface area contributed by atoms with Crippen molar-refractivity contribution >= 4 is 13.3 Å². The molecule has 0 amide bonds. The third-order valence-electron chi connectivity index (χ3n) is 5.65. The molecule has 8 nitrogen and oxygen atoms in total. The van der Waals surface area contributed by atoms with Gasteiger partial charge in [0.15, 0.2) is 5.16 Å². The largest absolute Gasteiger partial charge is 0.480 e. The summed E-state index contributed by atoms with van der Waals surface area (Å²) in [5.41, 5.74) is 7.53. The fraction of sp³-hybridized carbons (Fsp3) is 0.450. The molecule has 0 radical (unpaired) electrons. The number of hydrogen-bond acceptors (Lipinski definition) is 6. The van der Waals surface area contributed by atoms with Gasteiger partial charge < -0.3 is 15.7 Å². The topological polar surface area (TPSA) is 130 Å². The standard InChI is InChI=1S/C20H26FN4O4P/c21-17-4-3-15(18(9-17)16-10-23-14-24-11-16)12-25-7-8-30(28,29)20(13-25,19(26)27)5-1-2-6-22/h3-4,9-11,14H,1-2,5-8,12-13,22H2,(H,26,27)(H,28,29)/t20-/m0/s1. The van der Waals surface area contributed by atoms with Crippen molar-refractivity contribution in [1.82, 2.24) is 14.9 Å². The minimum absolute atomic E-state index is 0.0528. The molecule has 1 aromatic heterocycles. The number of halogens is 1. The number of aliphatic carboxylic acids is 1. The van der Waals surface area contributed by atoms with Crippen LogP contribution in [0.25, 0.3) is 11.1 Å². The summed E-state index contributed by atoms with van der Waals surface area (Å²) in [6, 6.07) is 4.37. The van der Waals surface area contributed by atoms with Crippen molar-refractivity contribution in [2.45, 2.75) is 31.0 Å². The van der Waals surface area contributed by atoms with Gasteiger partial charge in [-0.15, -0.1) is 0 Å². The summed E-state index contributed by atoms with van der Waals surface area (Å²) in [6.45, 7) is 0.939. The van der Waals surface area contributed by atoms with Crippen molar-refractivity contribution < 1.29 is 23.7 Å². The lowest BCUT2D eigenvalue weighted by Crippen LogP contribution is -2.53. The summed E-state index contributed by atoms with van der Waals surface area (Å²) < 4.78 is 26.8. The van der Waals surface area contributed by atoms with Gasteiger partial charge in [0.25, 0.3) is 0 Å². The summed E-state index contributed by atoms with van der Waals surface area (Å²) in [4.78, 5) is 32.5. The minimum atomic E-state index is -3.91. The number of carbonyl (C=O) groups is 1. The van der Waals surface area contributed by atoms with Crippen LogP contribution in [-0.4, -0.2) is 61.8 Å². The normalized spacial score (nSPS) is 24.6. The molecule has 2 aromatic rings. The van der Waals surface area contributed by atoms with Gasteiger partial charge in [0.1, 0.15) is 12.1 Å². The number of rotatable bonds is 8. The zero-order chi connectivity index (χ0) is 21.8. The lowest BCUT2D eigenvalue weighted by atomic mass is 9.98. The van der Waals surface area contributed by atoms with E-state index >= 15 is 0 Å². The van der Waals surface area contributed by atoms with E-state index in [1.54, 1.807) is 18.5 Å². The van der Waals surface area contributed by atoms with Crippen LogP contribution in [0.3, 0.4) is 0 Å². The molecule has 0 spiro atoms. The molecule has 4 N–H and O–H groups in total. The summed E-state index contributed by atoms with van der Waals surface area (Å²) in [6.07, 6.45) is 5.58. The van der Waals surface area contributed by atoms with Gasteiger partial charge in [0, 0.05) is 43.8 Å². The number of benzene rings is 1. The van der Waals surface area contributed by atoms with Crippen LogP contribution in [0.5, 0.6) is 0 Å². The minimum Gasteiger partial charge on any atom is -0.480 e. The third kappa shape index (κ3) is 4.59. The van der Waals surface area contributed by atoms with Crippen molar-refractivity contribution in [2.75, 3.05) is 25.8 Å². The number of nitrogens with two attached hydrogens (primary N) is 1. The molecule has 2 atom stereocenters. The van der Waals surface area contributed by atoms with E-state index in [4.69, 9.17) is 5.73 Å². The maximum absolute atomic E-state index is 13.9. The van der Waals surface area contributed by atoms with Crippen LogP contribution in [0, 0.1) is 5.82 Å². The number of aromatic nitrogens is 2. The van der Waals surface area contributed by atoms with Crippen molar-refractivity contribution in [2.24, 2.45) is 5.73 Å². The predicted octanol–water partition coefficient (Wildman–Crippen LogP) is 2.32. The molecule has 1 aliphatic rings. The molecule has 1 aromatic carbocycles. The van der Waals surface area contributed by atoms with Crippen LogP contribution in [0.2, 0.25) is 0 Å². The average Bonchev–Trinajstić information content (AvgIpc) is 2.72. The Hall–Kier alpha value is -2.19. The highest BCUT2D eigenvalue weighted by atomic mass is 31.2. The van der Waals surface area contributed by atoms with E-state index in [9.17, 15) is 23.7 Å². The molecule has 1 fully saturated rings. The number of nitrogens with zero attached hydrogens (tertiary/aromatic N) is 3. The van der Waals surface area contributed by atoms with Crippen LogP contribution < -0.4 is 5.73 Å². The SMILES string of the molecule is NCCCC[C@@]1(C(=O)O)CN(Cc2ccc(F)cc2-c2cncnc2)CCP1(=O)O. The zero-order valence-corrected chi connectivity index (χ0v) is 17.5. The number of hydrogen-bond donors (Lipinski definition) is 3. The first-order valence-corrected chi connectivity index (χ1v) is 11.6. The Morgan fingerprint density at radius 3 is 2.70 bits per heavy atom. The second-order valence-electron chi connectivity index (χ2n) is 7.65. The van der Waals surface area contributed by atoms with Crippen molar-refractivity contribution in [3.63, 3.8) is 0 Å². The molecule has 1 saturated heterocycles. The number of carboxylic acid groups (broad SMARTS) is 1. The molecule has 10 heteroatoms. The molecule has 0 saturated carbocycles. The molecule has 30 heavy (non-hydrogen) atoms. The third-order valence-corrected chi connectivity index (χ3v) is 8.35. The van der Waals surface area contributed by atoms with Crippen LogP contribution in [-0.2, 0) is 15.9 Å². The Labute approximate surface area is 174 Å². The second kappa shape index (κ2) is 9.31. The molecular formula is C20H26FN4O4P. The Kier molecular flexibility index (Phi) is 6.98. The summed E-state index contributed by atoms with van der Waals surface area (Å²) >= 11 is 0. The monoisotopic (exact) mass is 436 g/mol. The van der Waals surface area contributed by atoms with E-state index < -0.39 is 24.3 Å². The highest BCUT2D eigenvalue weighted by Crippen LogP contribution is 2.59. The van der Waals surface area contributed by atoms with Gasteiger partial charge in [-0.1, -0.05) is 12.5 Å². The summed E-state index contributed by atoms with van der Waals surface area (Å²) in [7, 11) is -3.91. The van der Waals surface area contributed by atoms with Gasteiger partial charge in [0.05, 0.1) is 0 Å². The van der Waals surface area contributed by atoms with E-state index in [1.165, 1.54) is 18.5 Å². The molecule has 3 rings (SSSR count). The van der Waals surface area contributed by atoms with Crippen LogP contribution in [0.15, 0.2) is 36.9 Å². The van der Waals surface area contributed by atoms with Gasteiger partial charge in [-0.2, -0.15) is 0 Å². The average molecular weight is 436 g/mol. The first-order chi connectivity index (χ1) is 14.3. The quantitative estimate of drug-likeness (QED) is 0.425. The molecule has 0 bridgehead atoms. The Morgan fingerprint density at radius 1 is 1.30 bits per heavy atom. The predicted molar refractivity (Wildman–Crippen MR) is 111 cm³/mol. The first-order valence-electron chi connectivity index (χ1n) is 9.80. The van der Waals surface area contributed by atoms with Crippen molar-refractivity contribution in [1.29, 1.82) is 0 Å². The van der Waals surface area contributed by atoms with Gasteiger partial charge in [0.2, 0.25) is 7.37 Å². The molecule has 162 valence electrons. The lowest BCUT2D eigenvalue weighted by Gasteiger charge is -2.43. The van der Waals surface area contributed by atoms with E-state index in [-0.39, 0.29) is 25.7 Å². The second-order valence-corrected chi connectivity index (χ2v) is 10.4. The highest BCUT2D eigenvalue weighted by molar-refractivity contribution is 7.61. The molecular weight excluding hydrogens is 410 g/mol. The van der Waals surface area contributed by atoms with Crippen molar-refractivity contribution in [3.05, 3.63) is 48.3 Å². The van der Waals surface area contributed by atoms with E-state index in [0.29, 0.717) is 37.1 Å². The highest BCUT2D eigenvalue weighted by Gasteiger charge is 2.56. The van der Waals surface area contributed by atoms with Crippen molar-refractivity contribution in [3.8, 4) is 11.1 Å². The van der Waals surface area contributed by atoms with Crippen LogP contribution in [0.4, 0.5) is 4.39 Å². The smallest absolute Gasteiger partial charge is 0.320 e. The van der Waals surface area contributed by atoms with E-state index in [1.807, 2.05) is 4.90 Å². The zero-order valence-electron chi connectivity index (χ0n) is 16.6. The summed E-state index contributed by atoms with van der Waals surface area (Å²) in [5, 5.41) is 8.19. The summed E-state index contributed by atoms with van der Waals surface area (Å²) in [5.74, 6) is -1.66. The Morgan fingerprint density at radius 2 is 2.03 bits per heavy atom. The Bertz CT molecular complexity index is 946. The van der Waals surface area contributed by atoms with Gasteiger partial charge >= 0.3 is 5.97 Å². The fourth-order valence-electron chi connectivity index (χ4n) is 3.96. The van der Waals surface area contributed by atoms with Gasteiger partial charge in [-0.25, -0.2) is 14.4 Å². The maximum Gasteiger partial charge on any atom is 0.320 e. The molecule has 0 aliphatic carbocycles. The number of carboxylic acids is 1. The van der Waals surface area contributed by atoms with Gasteiger partial charge in [-0.05, 0) is 42.6 Å². The fourth-order valence-corrected chi connectivity index (χ4v) is 6.17. The van der Waals surface area contributed by atoms with E-state index in [0.717, 1.165) is 5.56 Å². The van der Waals surface area contributed by atoms with Crippen LogP contribution >= 0.6 is 7.37 Å². The van der Waals surface area contributed by atoms with Gasteiger partial charge in [-0.3, -0.25) is 14.3 Å². The molecule has 1 unspecified atom stereocenters. The van der Waals surface area contributed by atoms with Crippen LogP contribution in [0.1, 0.15) is 24.8 Å². The lowest BCUT2D eigenvalue weighted by molar-refractivity contribution is -0.141.